The van der Waals surface area contributed by atoms with Crippen LogP contribution in [-0.2, 0) is 4.79 Å². The van der Waals surface area contributed by atoms with Gasteiger partial charge in [0.15, 0.2) is 0 Å². The first-order valence-corrected chi connectivity index (χ1v) is 2.26. The van der Waals surface area contributed by atoms with Crippen molar-refractivity contribution in [1.82, 2.24) is 5.32 Å². The first-order valence-electron chi connectivity index (χ1n) is 2.26. The van der Waals surface area contributed by atoms with Crippen molar-refractivity contribution in [2.45, 2.75) is 19.1 Å². The van der Waals surface area contributed by atoms with E-state index in [1.165, 1.54) is 0 Å². The molecule has 2 N–H and O–H groups in total. The van der Waals surface area contributed by atoms with Crippen LogP contribution in [0.15, 0.2) is 0 Å². The lowest BCUT2D eigenvalue weighted by atomic mass is 10.4. The van der Waals surface area contributed by atoms with Crippen LogP contribution in [0.2, 0.25) is 0 Å². The summed E-state index contributed by atoms with van der Waals surface area (Å²) in [5, 5.41) is 10.9. The molecule has 0 unspecified atom stereocenters. The number of carbonyl (C=O) groups is 1. The van der Waals surface area contributed by atoms with Crippen molar-refractivity contribution in [3.05, 3.63) is 0 Å². The molecule has 0 aromatic heterocycles. The van der Waals surface area contributed by atoms with Crippen LogP contribution < -0.4 is 5.32 Å². The maximum atomic E-state index is 10.2. The van der Waals surface area contributed by atoms with Gasteiger partial charge in [-0.05, 0) is 0 Å². The standard InChI is InChI=1S/C4H7NO2/c6-3-1-2-4(7)5-3/h3,6H,1-2H2,(H,5,7)/t3-/m1/s1. The van der Waals surface area contributed by atoms with Crippen LogP contribution in [0.4, 0.5) is 0 Å². The van der Waals surface area contributed by atoms with Crippen LogP contribution in [-0.4, -0.2) is 17.2 Å². The molecule has 3 nitrogen and oxygen atoms in total. The van der Waals surface area contributed by atoms with Gasteiger partial charge < -0.3 is 10.4 Å². The molecule has 0 aromatic carbocycles. The van der Waals surface area contributed by atoms with Gasteiger partial charge in [0, 0.05) is 12.8 Å². The lowest BCUT2D eigenvalue weighted by molar-refractivity contribution is -0.120. The Balaban J connectivity index is 2.40. The Bertz CT molecular complexity index is 91.7. The van der Waals surface area contributed by atoms with Gasteiger partial charge >= 0.3 is 0 Å². The summed E-state index contributed by atoms with van der Waals surface area (Å²) in [7, 11) is 0. The third-order valence-electron chi connectivity index (χ3n) is 0.972. The van der Waals surface area contributed by atoms with E-state index in [4.69, 9.17) is 5.11 Å². The van der Waals surface area contributed by atoms with Crippen molar-refractivity contribution in [1.29, 1.82) is 0 Å². The van der Waals surface area contributed by atoms with Gasteiger partial charge in [0.2, 0.25) is 5.91 Å². The molecule has 1 saturated heterocycles. The van der Waals surface area contributed by atoms with E-state index in [2.05, 4.69) is 5.32 Å². The van der Waals surface area contributed by atoms with E-state index < -0.39 is 6.23 Å². The van der Waals surface area contributed by atoms with Crippen LogP contribution in [0, 0.1) is 0 Å². The molecule has 1 fully saturated rings. The monoisotopic (exact) mass is 101 g/mol. The lowest BCUT2D eigenvalue weighted by Crippen LogP contribution is -2.23. The zero-order valence-corrected chi connectivity index (χ0v) is 3.85. The maximum absolute atomic E-state index is 10.2. The second kappa shape index (κ2) is 1.50. The van der Waals surface area contributed by atoms with Gasteiger partial charge in [0.05, 0.1) is 0 Å². The SMILES string of the molecule is O=C1CC[C@@H](O)N1. The molecule has 0 radical (unpaired) electrons. The van der Waals surface area contributed by atoms with Crippen molar-refractivity contribution >= 4 is 5.91 Å². The number of hydrogen-bond acceptors (Lipinski definition) is 2. The van der Waals surface area contributed by atoms with Gasteiger partial charge in [-0.1, -0.05) is 0 Å². The first kappa shape index (κ1) is 4.59. The summed E-state index contributed by atoms with van der Waals surface area (Å²) in [5.74, 6) is -0.0486. The molecule has 7 heavy (non-hydrogen) atoms. The van der Waals surface area contributed by atoms with E-state index in [-0.39, 0.29) is 5.91 Å². The first-order chi connectivity index (χ1) is 3.29. The zero-order valence-electron chi connectivity index (χ0n) is 3.85. The van der Waals surface area contributed by atoms with Crippen LogP contribution >= 0.6 is 0 Å². The van der Waals surface area contributed by atoms with E-state index in [1.807, 2.05) is 0 Å². The molecule has 0 saturated carbocycles. The fourth-order valence-corrected chi connectivity index (χ4v) is 0.598. The van der Waals surface area contributed by atoms with E-state index in [9.17, 15) is 4.79 Å². The number of aliphatic hydroxyl groups excluding tert-OH is 1. The van der Waals surface area contributed by atoms with Crippen molar-refractivity contribution in [2.75, 3.05) is 0 Å². The minimum atomic E-state index is -0.576. The van der Waals surface area contributed by atoms with Crippen molar-refractivity contribution in [3.8, 4) is 0 Å². The second-order valence-electron chi connectivity index (χ2n) is 1.62. The molecular weight excluding hydrogens is 94.0 g/mol. The molecule has 0 aromatic rings. The smallest absolute Gasteiger partial charge is 0.222 e. The van der Waals surface area contributed by atoms with Gasteiger partial charge in [0.1, 0.15) is 6.23 Å². The molecule has 1 aliphatic rings. The third kappa shape index (κ3) is 0.899. The topological polar surface area (TPSA) is 49.3 Å². The third-order valence-corrected chi connectivity index (χ3v) is 0.972. The largest absolute Gasteiger partial charge is 0.374 e. The minimum absolute atomic E-state index is 0.0486. The maximum Gasteiger partial charge on any atom is 0.222 e. The highest BCUT2D eigenvalue weighted by molar-refractivity contribution is 5.77. The summed E-state index contributed by atoms with van der Waals surface area (Å²) in [6.07, 6.45) is 0.465. The van der Waals surface area contributed by atoms with Crippen LogP contribution in [0.5, 0.6) is 0 Å². The second-order valence-corrected chi connectivity index (χ2v) is 1.62. The van der Waals surface area contributed by atoms with E-state index in [0.29, 0.717) is 12.8 Å². The Kier molecular flexibility index (Phi) is 0.982. The summed E-state index contributed by atoms with van der Waals surface area (Å²) in [6, 6.07) is 0. The predicted molar refractivity (Wildman–Crippen MR) is 23.4 cm³/mol. The number of rotatable bonds is 0. The molecule has 0 bridgehead atoms. The fourth-order valence-electron chi connectivity index (χ4n) is 0.598. The molecule has 1 heterocycles. The highest BCUT2D eigenvalue weighted by Gasteiger charge is 2.16. The van der Waals surface area contributed by atoms with Crippen molar-refractivity contribution in [3.63, 3.8) is 0 Å². The highest BCUT2D eigenvalue weighted by Crippen LogP contribution is 2.01. The Labute approximate surface area is 41.3 Å². The van der Waals surface area contributed by atoms with E-state index in [0.717, 1.165) is 0 Å². The summed E-state index contributed by atoms with van der Waals surface area (Å²) < 4.78 is 0. The highest BCUT2D eigenvalue weighted by atomic mass is 16.3. The summed E-state index contributed by atoms with van der Waals surface area (Å²) in [4.78, 5) is 10.2. The van der Waals surface area contributed by atoms with E-state index in [1.54, 1.807) is 0 Å². The Morgan fingerprint density at radius 3 is 2.71 bits per heavy atom. The predicted octanol–water partition coefficient (Wildman–Crippen LogP) is -0.785. The van der Waals surface area contributed by atoms with Gasteiger partial charge in [-0.2, -0.15) is 0 Å². The molecule has 0 aliphatic carbocycles. The summed E-state index contributed by atoms with van der Waals surface area (Å²) >= 11 is 0. The molecular formula is C4H7NO2. The quantitative estimate of drug-likeness (QED) is 0.420. The fraction of sp³-hybridized carbons (Fsp3) is 0.750. The number of nitrogens with one attached hydrogen (secondary N) is 1. The molecule has 1 aliphatic heterocycles. The van der Waals surface area contributed by atoms with Crippen LogP contribution in [0.1, 0.15) is 12.8 Å². The molecule has 3 heteroatoms. The molecule has 1 rings (SSSR count). The van der Waals surface area contributed by atoms with Gasteiger partial charge in [0.25, 0.3) is 0 Å². The number of aliphatic hydroxyl groups is 1. The van der Waals surface area contributed by atoms with Gasteiger partial charge in [-0.15, -0.1) is 0 Å². The number of carbonyl (C=O) groups excluding carboxylic acids is 1. The van der Waals surface area contributed by atoms with Crippen LogP contribution in [0.25, 0.3) is 0 Å². The van der Waals surface area contributed by atoms with Crippen molar-refractivity contribution in [2.24, 2.45) is 0 Å². The van der Waals surface area contributed by atoms with Gasteiger partial charge in [-0.3, -0.25) is 4.79 Å². The molecule has 1 atom stereocenters. The minimum Gasteiger partial charge on any atom is -0.374 e. The molecule has 0 spiro atoms. The average Bonchev–Trinajstić information content (AvgIpc) is 1.87. The Hall–Kier alpha value is -0.570. The summed E-state index contributed by atoms with van der Waals surface area (Å²) in [6.45, 7) is 0. The average molecular weight is 101 g/mol. The normalized spacial score (nSPS) is 30.4. The van der Waals surface area contributed by atoms with Crippen molar-refractivity contribution < 1.29 is 9.90 Å². The zero-order chi connectivity index (χ0) is 5.28. The van der Waals surface area contributed by atoms with E-state index >= 15 is 0 Å². The molecule has 40 valence electrons. The van der Waals surface area contributed by atoms with Gasteiger partial charge in [-0.25, -0.2) is 0 Å². The molecule has 1 amide bonds. The number of hydrogen-bond donors (Lipinski definition) is 2. The Morgan fingerprint density at radius 1 is 1.86 bits per heavy atom. The summed E-state index contributed by atoms with van der Waals surface area (Å²) in [5.41, 5.74) is 0. The van der Waals surface area contributed by atoms with Crippen LogP contribution in [0.3, 0.4) is 0 Å². The Morgan fingerprint density at radius 2 is 2.57 bits per heavy atom. The lowest BCUT2D eigenvalue weighted by Gasteiger charge is -1.95. The number of amides is 1.